The second-order valence-corrected chi connectivity index (χ2v) is 10.1. The first-order valence-corrected chi connectivity index (χ1v) is 10.7. The van der Waals surface area contributed by atoms with Gasteiger partial charge in [-0.3, -0.25) is 19.3 Å². The molecule has 3 rings (SSSR count). The van der Waals surface area contributed by atoms with Gasteiger partial charge in [0.25, 0.3) is 5.91 Å². The van der Waals surface area contributed by atoms with Gasteiger partial charge in [0.1, 0.15) is 0 Å². The second-order valence-electron chi connectivity index (χ2n) is 10.1. The number of carbonyl (C=O) groups is 3. The molecule has 1 heterocycles. The van der Waals surface area contributed by atoms with Crippen LogP contribution in [0, 0.1) is 25.2 Å². The van der Waals surface area contributed by atoms with Crippen molar-refractivity contribution in [2.75, 3.05) is 4.90 Å². The Kier molecular flexibility index (Phi) is 5.81. The van der Waals surface area contributed by atoms with E-state index < -0.39 is 40.3 Å². The van der Waals surface area contributed by atoms with E-state index >= 15 is 0 Å². The Labute approximate surface area is 186 Å². The number of nitrogens with zero attached hydrogens (tertiary/aromatic N) is 1. The molecule has 0 saturated heterocycles. The maximum absolute atomic E-state index is 14.7. The smallest absolute Gasteiger partial charge is 0.330 e. The molecule has 1 aliphatic heterocycles. The fraction of sp³-hybridized carbons (Fsp3) is 0.542. The van der Waals surface area contributed by atoms with Gasteiger partial charge in [0.2, 0.25) is 11.4 Å². The lowest BCUT2D eigenvalue weighted by Crippen LogP contribution is -2.66. The number of hydrogen-bond acceptors (Lipinski definition) is 3. The zero-order valence-corrected chi connectivity index (χ0v) is 19.2. The van der Waals surface area contributed by atoms with E-state index in [9.17, 15) is 27.6 Å². The van der Waals surface area contributed by atoms with Gasteiger partial charge in [-0.1, -0.05) is 33.8 Å². The van der Waals surface area contributed by atoms with E-state index in [0.717, 1.165) is 16.0 Å². The lowest BCUT2D eigenvalue weighted by atomic mass is 9.72. The van der Waals surface area contributed by atoms with Crippen LogP contribution in [-0.2, 0) is 14.4 Å². The molecule has 1 atom stereocenters. The third kappa shape index (κ3) is 3.84. The molecule has 1 unspecified atom stereocenters. The van der Waals surface area contributed by atoms with Crippen LogP contribution in [0.3, 0.4) is 0 Å². The standard InChI is InChI=1S/C24H29F3N2O3/c1-13(2)9-19(31)28-23(24(25,26)27)20-17(11-22(5,6)12-18(20)30)29(21(23)32)16-8-7-14(3)15(4)10-16/h7-8,10,13H,9,11-12H2,1-6H3,(H,28,31). The van der Waals surface area contributed by atoms with E-state index in [1.54, 1.807) is 52.8 Å². The summed E-state index contributed by atoms with van der Waals surface area (Å²) in [5, 5.41) is 1.96. The quantitative estimate of drug-likeness (QED) is 0.720. The fourth-order valence-electron chi connectivity index (χ4n) is 4.52. The molecule has 8 heteroatoms. The molecule has 1 aromatic carbocycles. The summed E-state index contributed by atoms with van der Waals surface area (Å²) in [5.41, 5.74) is -2.68. The summed E-state index contributed by atoms with van der Waals surface area (Å²) in [6.07, 6.45) is -5.43. The van der Waals surface area contributed by atoms with Crippen molar-refractivity contribution in [1.29, 1.82) is 0 Å². The highest BCUT2D eigenvalue weighted by Gasteiger charge is 2.71. The summed E-state index contributed by atoms with van der Waals surface area (Å²) in [7, 11) is 0. The monoisotopic (exact) mass is 450 g/mol. The predicted molar refractivity (Wildman–Crippen MR) is 115 cm³/mol. The van der Waals surface area contributed by atoms with Crippen LogP contribution in [0.25, 0.3) is 0 Å². The van der Waals surface area contributed by atoms with Gasteiger partial charge in [0.05, 0.1) is 5.57 Å². The third-order valence-electron chi connectivity index (χ3n) is 6.12. The molecule has 0 spiro atoms. The average Bonchev–Trinajstić information content (AvgIpc) is 2.84. The van der Waals surface area contributed by atoms with Crippen LogP contribution in [0.4, 0.5) is 18.9 Å². The largest absolute Gasteiger partial charge is 0.425 e. The zero-order chi connectivity index (χ0) is 24.2. The van der Waals surface area contributed by atoms with E-state index in [0.29, 0.717) is 0 Å². The lowest BCUT2D eigenvalue weighted by Gasteiger charge is -2.35. The van der Waals surface area contributed by atoms with Crippen LogP contribution in [0.1, 0.15) is 58.1 Å². The van der Waals surface area contributed by atoms with Gasteiger partial charge in [0, 0.05) is 24.2 Å². The first-order chi connectivity index (χ1) is 14.6. The number of alkyl halides is 3. The number of amides is 2. The van der Waals surface area contributed by atoms with Crippen LogP contribution >= 0.6 is 0 Å². The van der Waals surface area contributed by atoms with Crippen molar-refractivity contribution < 1.29 is 27.6 Å². The molecular formula is C24H29F3N2O3. The van der Waals surface area contributed by atoms with Gasteiger partial charge < -0.3 is 5.32 Å². The van der Waals surface area contributed by atoms with E-state index in [1.165, 1.54) is 0 Å². The van der Waals surface area contributed by atoms with Crippen molar-refractivity contribution in [3.63, 3.8) is 0 Å². The SMILES string of the molecule is Cc1ccc(N2C(=O)C(NC(=O)CC(C)C)(C(F)(F)F)C3=C2CC(C)(C)CC3=O)cc1C. The van der Waals surface area contributed by atoms with Crippen LogP contribution in [0.2, 0.25) is 0 Å². The molecule has 0 bridgehead atoms. The molecule has 5 nitrogen and oxygen atoms in total. The molecule has 2 aliphatic rings. The molecule has 1 aliphatic carbocycles. The maximum Gasteiger partial charge on any atom is 0.425 e. The van der Waals surface area contributed by atoms with Gasteiger partial charge in [-0.15, -0.1) is 0 Å². The van der Waals surface area contributed by atoms with Crippen molar-refractivity contribution in [1.82, 2.24) is 5.32 Å². The van der Waals surface area contributed by atoms with Crippen molar-refractivity contribution in [2.45, 2.75) is 72.5 Å². The Hall–Kier alpha value is -2.64. The number of aryl methyl sites for hydroxylation is 2. The lowest BCUT2D eigenvalue weighted by molar-refractivity contribution is -0.190. The zero-order valence-electron chi connectivity index (χ0n) is 19.2. The van der Waals surface area contributed by atoms with Crippen LogP contribution in [0.15, 0.2) is 29.5 Å². The number of halogens is 3. The number of rotatable bonds is 4. The maximum atomic E-state index is 14.7. The highest BCUT2D eigenvalue weighted by Crippen LogP contribution is 2.52. The minimum Gasteiger partial charge on any atom is -0.330 e. The van der Waals surface area contributed by atoms with Crippen molar-refractivity contribution in [3.05, 3.63) is 40.6 Å². The molecule has 1 aromatic rings. The van der Waals surface area contributed by atoms with E-state index in [2.05, 4.69) is 0 Å². The number of benzene rings is 1. The minimum atomic E-state index is -5.19. The summed E-state index contributed by atoms with van der Waals surface area (Å²) in [5.74, 6) is -3.27. The Morgan fingerprint density at radius 1 is 1.12 bits per heavy atom. The van der Waals surface area contributed by atoms with Crippen LogP contribution < -0.4 is 10.2 Å². The number of Topliss-reactive ketones (excluding diaryl/α,β-unsaturated/α-hetero) is 1. The van der Waals surface area contributed by atoms with Crippen molar-refractivity contribution in [2.24, 2.45) is 11.3 Å². The Bertz CT molecular complexity index is 1020. The van der Waals surface area contributed by atoms with Gasteiger partial charge >= 0.3 is 6.18 Å². The van der Waals surface area contributed by atoms with Crippen molar-refractivity contribution in [3.8, 4) is 0 Å². The predicted octanol–water partition coefficient (Wildman–Crippen LogP) is 4.76. The number of anilines is 1. The first kappa shape index (κ1) is 24.0. The molecule has 0 saturated carbocycles. The van der Waals surface area contributed by atoms with E-state index in [-0.39, 0.29) is 36.6 Å². The summed E-state index contributed by atoms with van der Waals surface area (Å²) in [6.45, 7) is 10.6. The van der Waals surface area contributed by atoms with Crippen LogP contribution in [-0.4, -0.2) is 29.3 Å². The fourth-order valence-corrected chi connectivity index (χ4v) is 4.52. The van der Waals surface area contributed by atoms with E-state index in [4.69, 9.17) is 0 Å². The summed E-state index contributed by atoms with van der Waals surface area (Å²) in [4.78, 5) is 40.3. The molecule has 174 valence electrons. The van der Waals surface area contributed by atoms with E-state index in [1.807, 2.05) is 12.2 Å². The Morgan fingerprint density at radius 3 is 2.28 bits per heavy atom. The molecule has 0 fully saturated rings. The molecule has 32 heavy (non-hydrogen) atoms. The molecule has 0 radical (unpaired) electrons. The Morgan fingerprint density at radius 2 is 1.75 bits per heavy atom. The van der Waals surface area contributed by atoms with Gasteiger partial charge in [-0.05, 0) is 54.9 Å². The van der Waals surface area contributed by atoms with Gasteiger partial charge in [-0.2, -0.15) is 13.2 Å². The molecular weight excluding hydrogens is 421 g/mol. The third-order valence-corrected chi connectivity index (χ3v) is 6.12. The number of nitrogens with one attached hydrogen (secondary N) is 1. The Balaban J connectivity index is 2.28. The number of ketones is 1. The van der Waals surface area contributed by atoms with Crippen molar-refractivity contribution >= 4 is 23.3 Å². The summed E-state index contributed by atoms with van der Waals surface area (Å²) in [6, 6.07) is 4.92. The van der Waals surface area contributed by atoms with Gasteiger partial charge in [0.15, 0.2) is 5.78 Å². The molecule has 2 amide bonds. The average molecular weight is 451 g/mol. The minimum absolute atomic E-state index is 0.0154. The second kappa shape index (κ2) is 7.74. The first-order valence-electron chi connectivity index (χ1n) is 10.7. The summed E-state index contributed by atoms with van der Waals surface area (Å²) < 4.78 is 44.1. The highest BCUT2D eigenvalue weighted by atomic mass is 19.4. The number of allylic oxidation sites excluding steroid dienone is 1. The summed E-state index contributed by atoms with van der Waals surface area (Å²) >= 11 is 0. The number of carbonyl (C=O) groups excluding carboxylic acids is 3. The highest BCUT2D eigenvalue weighted by molar-refractivity contribution is 6.20. The number of hydrogen-bond donors (Lipinski definition) is 1. The normalized spacial score (nSPS) is 23.1. The van der Waals surface area contributed by atoms with Crippen LogP contribution in [0.5, 0.6) is 0 Å². The van der Waals surface area contributed by atoms with Gasteiger partial charge in [-0.25, -0.2) is 0 Å². The topological polar surface area (TPSA) is 66.5 Å². The molecule has 0 aromatic heterocycles. The molecule has 1 N–H and O–H groups in total.